The number of hydrogen-bond donors (Lipinski definition) is 2. The number of aryl methyl sites for hydroxylation is 1. The molecule has 0 unspecified atom stereocenters. The lowest BCUT2D eigenvalue weighted by atomic mass is 10.1. The summed E-state index contributed by atoms with van der Waals surface area (Å²) in [6.45, 7) is 2.44. The summed E-state index contributed by atoms with van der Waals surface area (Å²) in [6, 6.07) is 8.89. The fraction of sp³-hybridized carbons (Fsp3) is 0.214. The Labute approximate surface area is 106 Å². The number of nitrogens with zero attached hydrogens (tertiary/aromatic N) is 1. The van der Waals surface area contributed by atoms with E-state index in [0.717, 1.165) is 17.8 Å². The van der Waals surface area contributed by atoms with Gasteiger partial charge in [0.2, 0.25) is 0 Å². The number of anilines is 2. The van der Waals surface area contributed by atoms with Crippen LogP contribution >= 0.6 is 0 Å². The number of halogens is 1. The summed E-state index contributed by atoms with van der Waals surface area (Å²) >= 11 is 0. The maximum Gasteiger partial charge on any atom is 0.128 e. The molecule has 0 atom stereocenters. The van der Waals surface area contributed by atoms with Gasteiger partial charge in [0.15, 0.2) is 0 Å². The summed E-state index contributed by atoms with van der Waals surface area (Å²) in [5.41, 5.74) is 8.55. The van der Waals surface area contributed by atoms with Crippen LogP contribution in [0.15, 0.2) is 36.5 Å². The standard InChI is InChI=1S/C14H16FN3/c1-10-8-14(13(16)9-12(10)15)18-7-5-11-4-2-3-6-17-11/h2-4,6,8-9,18H,5,7,16H2,1H3. The zero-order valence-corrected chi connectivity index (χ0v) is 10.3. The molecule has 0 aliphatic carbocycles. The van der Waals surface area contributed by atoms with Gasteiger partial charge in [0.25, 0.3) is 0 Å². The normalized spacial score (nSPS) is 10.3. The van der Waals surface area contributed by atoms with Crippen LogP contribution in [0.1, 0.15) is 11.3 Å². The fourth-order valence-electron chi connectivity index (χ4n) is 1.72. The summed E-state index contributed by atoms with van der Waals surface area (Å²) in [5.74, 6) is -0.275. The van der Waals surface area contributed by atoms with E-state index in [4.69, 9.17) is 5.73 Å². The highest BCUT2D eigenvalue weighted by Gasteiger charge is 2.04. The van der Waals surface area contributed by atoms with Crippen molar-refractivity contribution in [2.24, 2.45) is 0 Å². The zero-order valence-electron chi connectivity index (χ0n) is 10.3. The molecule has 0 aliphatic rings. The molecular formula is C14H16FN3. The van der Waals surface area contributed by atoms with Crippen molar-refractivity contribution >= 4 is 11.4 Å². The minimum absolute atomic E-state index is 0.275. The second-order valence-corrected chi connectivity index (χ2v) is 4.19. The first-order valence-corrected chi connectivity index (χ1v) is 5.86. The second-order valence-electron chi connectivity index (χ2n) is 4.19. The van der Waals surface area contributed by atoms with Crippen LogP contribution in [-0.4, -0.2) is 11.5 Å². The van der Waals surface area contributed by atoms with Crippen molar-refractivity contribution in [3.63, 3.8) is 0 Å². The minimum Gasteiger partial charge on any atom is -0.397 e. The Kier molecular flexibility index (Phi) is 3.77. The first kappa shape index (κ1) is 12.4. The maximum absolute atomic E-state index is 13.2. The van der Waals surface area contributed by atoms with Gasteiger partial charge in [-0.2, -0.15) is 0 Å². The van der Waals surface area contributed by atoms with Crippen LogP contribution < -0.4 is 11.1 Å². The van der Waals surface area contributed by atoms with Gasteiger partial charge in [0.1, 0.15) is 5.82 Å². The van der Waals surface area contributed by atoms with Crippen LogP contribution in [0.4, 0.5) is 15.8 Å². The third kappa shape index (κ3) is 2.97. The fourth-order valence-corrected chi connectivity index (χ4v) is 1.72. The Bertz CT molecular complexity index is 526. The van der Waals surface area contributed by atoms with Crippen LogP contribution in [0.3, 0.4) is 0 Å². The van der Waals surface area contributed by atoms with Gasteiger partial charge in [-0.05, 0) is 36.8 Å². The van der Waals surface area contributed by atoms with E-state index < -0.39 is 0 Å². The monoisotopic (exact) mass is 245 g/mol. The molecule has 2 aromatic rings. The van der Waals surface area contributed by atoms with E-state index in [2.05, 4.69) is 10.3 Å². The van der Waals surface area contributed by atoms with Gasteiger partial charge >= 0.3 is 0 Å². The quantitative estimate of drug-likeness (QED) is 0.814. The van der Waals surface area contributed by atoms with Crippen molar-refractivity contribution in [2.45, 2.75) is 13.3 Å². The van der Waals surface area contributed by atoms with Gasteiger partial charge in [-0.15, -0.1) is 0 Å². The summed E-state index contributed by atoms with van der Waals surface area (Å²) in [7, 11) is 0. The number of benzene rings is 1. The van der Waals surface area contributed by atoms with E-state index in [1.807, 2.05) is 18.2 Å². The first-order chi connectivity index (χ1) is 8.66. The van der Waals surface area contributed by atoms with Crippen LogP contribution in [-0.2, 0) is 6.42 Å². The summed E-state index contributed by atoms with van der Waals surface area (Å²) in [4.78, 5) is 4.23. The van der Waals surface area contributed by atoms with Gasteiger partial charge in [0, 0.05) is 24.9 Å². The molecule has 1 aromatic heterocycles. The summed E-state index contributed by atoms with van der Waals surface area (Å²) < 4.78 is 13.2. The van der Waals surface area contributed by atoms with E-state index in [0.29, 0.717) is 17.8 Å². The van der Waals surface area contributed by atoms with Crippen molar-refractivity contribution in [2.75, 3.05) is 17.6 Å². The predicted octanol–water partition coefficient (Wildman–Crippen LogP) is 2.77. The van der Waals surface area contributed by atoms with Crippen LogP contribution in [0.25, 0.3) is 0 Å². The Morgan fingerprint density at radius 2 is 2.17 bits per heavy atom. The van der Waals surface area contributed by atoms with Crippen molar-refractivity contribution in [3.05, 3.63) is 53.6 Å². The summed E-state index contributed by atoms with van der Waals surface area (Å²) in [5, 5.41) is 3.20. The molecule has 0 saturated carbocycles. The molecule has 4 heteroatoms. The highest BCUT2D eigenvalue weighted by atomic mass is 19.1. The van der Waals surface area contributed by atoms with E-state index in [-0.39, 0.29) is 5.82 Å². The Morgan fingerprint density at radius 3 is 2.89 bits per heavy atom. The molecule has 0 fully saturated rings. The van der Waals surface area contributed by atoms with Gasteiger partial charge in [-0.3, -0.25) is 4.98 Å². The molecule has 0 aliphatic heterocycles. The van der Waals surface area contributed by atoms with Gasteiger partial charge in [-0.25, -0.2) is 4.39 Å². The molecule has 1 aromatic carbocycles. The molecule has 2 rings (SSSR count). The third-order valence-electron chi connectivity index (χ3n) is 2.75. The maximum atomic E-state index is 13.2. The Balaban J connectivity index is 1.97. The van der Waals surface area contributed by atoms with Crippen molar-refractivity contribution in [1.82, 2.24) is 4.98 Å². The molecule has 0 saturated heterocycles. The minimum atomic E-state index is -0.275. The molecule has 0 spiro atoms. The number of nitrogens with two attached hydrogens (primary N) is 1. The lowest BCUT2D eigenvalue weighted by Crippen LogP contribution is -2.08. The number of pyridine rings is 1. The molecule has 0 bridgehead atoms. The number of hydrogen-bond acceptors (Lipinski definition) is 3. The van der Waals surface area contributed by atoms with Gasteiger partial charge in [-0.1, -0.05) is 6.07 Å². The molecule has 94 valence electrons. The third-order valence-corrected chi connectivity index (χ3v) is 2.75. The largest absolute Gasteiger partial charge is 0.397 e. The first-order valence-electron chi connectivity index (χ1n) is 5.86. The van der Waals surface area contributed by atoms with Crippen LogP contribution in [0, 0.1) is 12.7 Å². The van der Waals surface area contributed by atoms with Crippen molar-refractivity contribution < 1.29 is 4.39 Å². The predicted molar refractivity (Wildman–Crippen MR) is 72.0 cm³/mol. The zero-order chi connectivity index (χ0) is 13.0. The van der Waals surface area contributed by atoms with Crippen LogP contribution in [0.5, 0.6) is 0 Å². The number of rotatable bonds is 4. The molecule has 0 amide bonds. The average Bonchev–Trinajstić information content (AvgIpc) is 2.37. The molecule has 0 radical (unpaired) electrons. The molecule has 1 heterocycles. The van der Waals surface area contributed by atoms with Gasteiger partial charge < -0.3 is 11.1 Å². The molecule has 3 N–H and O–H groups in total. The molecule has 18 heavy (non-hydrogen) atoms. The van der Waals surface area contributed by atoms with Crippen molar-refractivity contribution in [1.29, 1.82) is 0 Å². The number of nitrogens with one attached hydrogen (secondary N) is 1. The number of aromatic nitrogens is 1. The average molecular weight is 245 g/mol. The highest BCUT2D eigenvalue weighted by Crippen LogP contribution is 2.22. The SMILES string of the molecule is Cc1cc(NCCc2ccccn2)c(N)cc1F. The number of nitrogen functional groups attached to an aromatic ring is 1. The summed E-state index contributed by atoms with van der Waals surface area (Å²) in [6.07, 6.45) is 2.57. The molecule has 3 nitrogen and oxygen atoms in total. The van der Waals surface area contributed by atoms with E-state index in [1.54, 1.807) is 19.2 Å². The lowest BCUT2D eigenvalue weighted by Gasteiger charge is -2.10. The van der Waals surface area contributed by atoms with E-state index >= 15 is 0 Å². The van der Waals surface area contributed by atoms with Crippen molar-refractivity contribution in [3.8, 4) is 0 Å². The highest BCUT2D eigenvalue weighted by molar-refractivity contribution is 5.67. The lowest BCUT2D eigenvalue weighted by molar-refractivity contribution is 0.619. The molecular weight excluding hydrogens is 229 g/mol. The second kappa shape index (κ2) is 5.49. The topological polar surface area (TPSA) is 50.9 Å². The van der Waals surface area contributed by atoms with E-state index in [9.17, 15) is 4.39 Å². The Morgan fingerprint density at radius 1 is 1.33 bits per heavy atom. The van der Waals surface area contributed by atoms with Gasteiger partial charge in [0.05, 0.1) is 11.4 Å². The smallest absolute Gasteiger partial charge is 0.128 e. The van der Waals surface area contributed by atoms with Crippen LogP contribution in [0.2, 0.25) is 0 Å². The van der Waals surface area contributed by atoms with E-state index in [1.165, 1.54) is 6.07 Å². The Hall–Kier alpha value is -2.10.